The number of benzene rings is 2. The summed E-state index contributed by atoms with van der Waals surface area (Å²) in [7, 11) is 0. The Hall–Kier alpha value is -2.40. The van der Waals surface area contributed by atoms with Gasteiger partial charge in [-0.15, -0.1) is 0 Å². The standard InChI is InChI=1S/C18H18N2O2S/c1-11-7-9-14(10-8-11)22-13(3)17(21)20-18-19-16-12(2)5-4-6-15(16)23-18/h4-10,13H,1-3H3,(H,19,20,21)/t13-/m0/s1. The third-order valence-corrected chi connectivity index (χ3v) is 4.49. The van der Waals surface area contributed by atoms with Gasteiger partial charge in [-0.25, -0.2) is 4.98 Å². The van der Waals surface area contributed by atoms with Crippen molar-refractivity contribution in [1.29, 1.82) is 0 Å². The van der Waals surface area contributed by atoms with Crippen molar-refractivity contribution in [3.8, 4) is 5.75 Å². The summed E-state index contributed by atoms with van der Waals surface area (Å²) in [4.78, 5) is 16.8. The smallest absolute Gasteiger partial charge is 0.266 e. The number of fused-ring (bicyclic) bond motifs is 1. The normalized spacial score (nSPS) is 12.1. The number of carbonyl (C=O) groups excluding carboxylic acids is 1. The molecule has 23 heavy (non-hydrogen) atoms. The number of hydrogen-bond donors (Lipinski definition) is 1. The number of rotatable bonds is 4. The van der Waals surface area contributed by atoms with Gasteiger partial charge in [0.25, 0.3) is 5.91 Å². The topological polar surface area (TPSA) is 51.2 Å². The molecule has 0 fully saturated rings. The van der Waals surface area contributed by atoms with E-state index in [1.807, 2.05) is 56.3 Å². The number of carbonyl (C=O) groups is 1. The predicted molar refractivity (Wildman–Crippen MR) is 94.3 cm³/mol. The maximum atomic E-state index is 12.3. The number of nitrogens with zero attached hydrogens (tertiary/aromatic N) is 1. The first-order valence-electron chi connectivity index (χ1n) is 7.43. The van der Waals surface area contributed by atoms with E-state index in [4.69, 9.17) is 4.74 Å². The number of thiazole rings is 1. The molecule has 5 heteroatoms. The second-order valence-corrected chi connectivity index (χ2v) is 6.53. The second kappa shape index (κ2) is 6.38. The second-order valence-electron chi connectivity index (χ2n) is 5.50. The highest BCUT2D eigenvalue weighted by molar-refractivity contribution is 7.22. The van der Waals surface area contributed by atoms with Crippen LogP contribution in [0.2, 0.25) is 0 Å². The average molecular weight is 326 g/mol. The van der Waals surface area contributed by atoms with Crippen LogP contribution in [0.4, 0.5) is 5.13 Å². The molecule has 1 amide bonds. The number of ether oxygens (including phenoxy) is 1. The summed E-state index contributed by atoms with van der Waals surface area (Å²) >= 11 is 1.47. The molecule has 118 valence electrons. The van der Waals surface area contributed by atoms with E-state index in [9.17, 15) is 4.79 Å². The molecule has 3 aromatic rings. The summed E-state index contributed by atoms with van der Waals surface area (Å²) in [6.07, 6.45) is -0.592. The molecule has 3 rings (SSSR count). The van der Waals surface area contributed by atoms with Crippen LogP contribution in [0.1, 0.15) is 18.1 Å². The Bertz CT molecular complexity index is 840. The Balaban J connectivity index is 1.69. The van der Waals surface area contributed by atoms with Crippen molar-refractivity contribution in [2.45, 2.75) is 26.9 Å². The minimum atomic E-state index is -0.592. The lowest BCUT2D eigenvalue weighted by molar-refractivity contribution is -0.122. The highest BCUT2D eigenvalue weighted by atomic mass is 32.1. The molecule has 1 N–H and O–H groups in total. The summed E-state index contributed by atoms with van der Waals surface area (Å²) in [5, 5.41) is 3.43. The molecule has 0 aliphatic carbocycles. The minimum Gasteiger partial charge on any atom is -0.481 e. The van der Waals surface area contributed by atoms with Crippen LogP contribution in [0.15, 0.2) is 42.5 Å². The van der Waals surface area contributed by atoms with Crippen molar-refractivity contribution in [3.63, 3.8) is 0 Å². The lowest BCUT2D eigenvalue weighted by Gasteiger charge is -2.13. The number of aryl methyl sites for hydroxylation is 2. The summed E-state index contributed by atoms with van der Waals surface area (Å²) in [5.41, 5.74) is 3.18. The zero-order valence-electron chi connectivity index (χ0n) is 13.3. The van der Waals surface area contributed by atoms with Crippen molar-refractivity contribution in [2.75, 3.05) is 5.32 Å². The molecule has 0 saturated carbocycles. The van der Waals surface area contributed by atoms with Crippen molar-refractivity contribution in [3.05, 3.63) is 53.6 Å². The average Bonchev–Trinajstić information content (AvgIpc) is 2.93. The Labute approximate surface area is 139 Å². The van der Waals surface area contributed by atoms with Gasteiger partial charge < -0.3 is 4.74 Å². The number of amides is 1. The molecule has 4 nitrogen and oxygen atoms in total. The maximum absolute atomic E-state index is 12.3. The molecule has 0 aliphatic heterocycles. The fourth-order valence-electron chi connectivity index (χ4n) is 2.22. The van der Waals surface area contributed by atoms with Crippen molar-refractivity contribution < 1.29 is 9.53 Å². The van der Waals surface area contributed by atoms with Gasteiger partial charge in [-0.05, 0) is 44.5 Å². The van der Waals surface area contributed by atoms with Gasteiger partial charge in [0, 0.05) is 0 Å². The first-order chi connectivity index (χ1) is 11.0. The predicted octanol–water partition coefficient (Wildman–Crippen LogP) is 4.32. The highest BCUT2D eigenvalue weighted by Crippen LogP contribution is 2.28. The molecule has 0 spiro atoms. The van der Waals surface area contributed by atoms with E-state index in [2.05, 4.69) is 10.3 Å². The fraction of sp³-hybridized carbons (Fsp3) is 0.222. The summed E-state index contributed by atoms with van der Waals surface area (Å²) in [5.74, 6) is 0.473. The van der Waals surface area contributed by atoms with Crippen LogP contribution in [0.5, 0.6) is 5.75 Å². The number of hydrogen-bond acceptors (Lipinski definition) is 4. The Morgan fingerprint density at radius 2 is 1.91 bits per heavy atom. The van der Waals surface area contributed by atoms with Gasteiger partial charge in [0.15, 0.2) is 11.2 Å². The SMILES string of the molecule is Cc1ccc(O[C@@H](C)C(=O)Nc2nc3c(C)cccc3s2)cc1. The van der Waals surface area contributed by atoms with E-state index in [0.717, 1.165) is 21.3 Å². The molecular formula is C18H18N2O2S. The minimum absolute atomic E-state index is 0.206. The van der Waals surface area contributed by atoms with Gasteiger partial charge in [0.2, 0.25) is 0 Å². The Morgan fingerprint density at radius 1 is 1.17 bits per heavy atom. The first-order valence-corrected chi connectivity index (χ1v) is 8.25. The molecular weight excluding hydrogens is 308 g/mol. The molecule has 0 aliphatic rings. The summed E-state index contributed by atoms with van der Waals surface area (Å²) < 4.78 is 6.73. The Kier molecular flexibility index (Phi) is 4.30. The van der Waals surface area contributed by atoms with E-state index in [0.29, 0.717) is 10.9 Å². The third kappa shape index (κ3) is 3.51. The molecule has 1 aromatic heterocycles. The summed E-state index contributed by atoms with van der Waals surface area (Å²) in [6, 6.07) is 13.6. The zero-order chi connectivity index (χ0) is 16.4. The number of nitrogens with one attached hydrogen (secondary N) is 1. The monoisotopic (exact) mass is 326 g/mol. The van der Waals surface area contributed by atoms with Crippen LogP contribution in [0.3, 0.4) is 0 Å². The van der Waals surface area contributed by atoms with Crippen LogP contribution in [-0.2, 0) is 4.79 Å². The van der Waals surface area contributed by atoms with Crippen molar-refractivity contribution in [1.82, 2.24) is 4.98 Å². The van der Waals surface area contributed by atoms with Crippen molar-refractivity contribution in [2.24, 2.45) is 0 Å². The lowest BCUT2D eigenvalue weighted by Crippen LogP contribution is -2.30. The van der Waals surface area contributed by atoms with Crippen LogP contribution in [-0.4, -0.2) is 17.0 Å². The highest BCUT2D eigenvalue weighted by Gasteiger charge is 2.17. The van der Waals surface area contributed by atoms with Gasteiger partial charge >= 0.3 is 0 Å². The van der Waals surface area contributed by atoms with Crippen LogP contribution >= 0.6 is 11.3 Å². The van der Waals surface area contributed by atoms with E-state index >= 15 is 0 Å². The number of aromatic nitrogens is 1. The molecule has 2 aromatic carbocycles. The van der Waals surface area contributed by atoms with E-state index in [-0.39, 0.29) is 5.91 Å². The molecule has 0 radical (unpaired) electrons. The fourth-order valence-corrected chi connectivity index (χ4v) is 3.17. The zero-order valence-corrected chi connectivity index (χ0v) is 14.1. The molecule has 0 saturated heterocycles. The van der Waals surface area contributed by atoms with Gasteiger partial charge in [-0.2, -0.15) is 0 Å². The van der Waals surface area contributed by atoms with Crippen LogP contribution < -0.4 is 10.1 Å². The van der Waals surface area contributed by atoms with Crippen LogP contribution in [0.25, 0.3) is 10.2 Å². The largest absolute Gasteiger partial charge is 0.481 e. The van der Waals surface area contributed by atoms with Crippen LogP contribution in [0, 0.1) is 13.8 Å². The van der Waals surface area contributed by atoms with Gasteiger partial charge in [-0.3, -0.25) is 10.1 Å². The molecule has 0 bridgehead atoms. The molecule has 0 unspecified atom stereocenters. The van der Waals surface area contributed by atoms with E-state index in [1.165, 1.54) is 11.3 Å². The first kappa shape index (κ1) is 15.5. The Morgan fingerprint density at radius 3 is 2.61 bits per heavy atom. The number of para-hydroxylation sites is 1. The molecule has 1 atom stereocenters. The van der Waals surface area contributed by atoms with E-state index in [1.54, 1.807) is 6.92 Å². The molecule has 1 heterocycles. The summed E-state index contributed by atoms with van der Waals surface area (Å²) in [6.45, 7) is 5.75. The van der Waals surface area contributed by atoms with Crippen molar-refractivity contribution >= 4 is 32.6 Å². The number of anilines is 1. The third-order valence-electron chi connectivity index (χ3n) is 3.55. The van der Waals surface area contributed by atoms with Gasteiger partial charge in [0.05, 0.1) is 10.2 Å². The quantitative estimate of drug-likeness (QED) is 0.777. The lowest BCUT2D eigenvalue weighted by atomic mass is 10.2. The van der Waals surface area contributed by atoms with E-state index < -0.39 is 6.10 Å². The van der Waals surface area contributed by atoms with Gasteiger partial charge in [-0.1, -0.05) is 41.2 Å². The van der Waals surface area contributed by atoms with Gasteiger partial charge in [0.1, 0.15) is 5.75 Å². The maximum Gasteiger partial charge on any atom is 0.266 e.